The molecule has 10 nitrogen and oxygen atoms in total. The Hall–Kier alpha value is -2.59. The van der Waals surface area contributed by atoms with Gasteiger partial charge in [-0.2, -0.15) is 18.3 Å². The van der Waals surface area contributed by atoms with Crippen LogP contribution in [-0.4, -0.2) is 72.0 Å². The predicted molar refractivity (Wildman–Crippen MR) is 135 cm³/mol. The van der Waals surface area contributed by atoms with Gasteiger partial charge in [0, 0.05) is 17.5 Å². The van der Waals surface area contributed by atoms with Crippen molar-refractivity contribution in [1.82, 2.24) is 29.8 Å². The molecular weight excluding hydrogens is 584 g/mol. The summed E-state index contributed by atoms with van der Waals surface area (Å²) in [4.78, 5) is 4.17. The van der Waals surface area contributed by atoms with Crippen LogP contribution in [0, 0.1) is 6.92 Å². The summed E-state index contributed by atoms with van der Waals surface area (Å²) in [6.45, 7) is 1.02. The number of ether oxygens (including phenoxy) is 2. The number of hydrogen-bond donors (Lipinski definition) is 2. The molecule has 2 unspecified atom stereocenters. The summed E-state index contributed by atoms with van der Waals surface area (Å²) in [5.74, 6) is 0. The minimum absolute atomic E-state index is 0.0731. The SMILES string of the molecule is COC1[C@@H](n2cc(-c3nc(Cl)cs3)nn2)[C@@H](O)C(CO)O[C@H]1c1cc(C)nn1-c1cc(Cl)ccc1C(F)(F)F. The van der Waals surface area contributed by atoms with Crippen LogP contribution in [0.15, 0.2) is 35.8 Å². The van der Waals surface area contributed by atoms with Crippen molar-refractivity contribution in [2.75, 3.05) is 13.7 Å². The van der Waals surface area contributed by atoms with E-state index in [1.54, 1.807) is 18.4 Å². The van der Waals surface area contributed by atoms with E-state index < -0.39 is 48.8 Å². The molecule has 39 heavy (non-hydrogen) atoms. The number of aryl methyl sites for hydroxylation is 1. The number of aliphatic hydroxyl groups excluding tert-OH is 2. The van der Waals surface area contributed by atoms with Crippen LogP contribution in [0.1, 0.15) is 29.1 Å². The average molecular weight is 605 g/mol. The van der Waals surface area contributed by atoms with Gasteiger partial charge in [0.2, 0.25) is 0 Å². The Balaban J connectivity index is 1.61. The highest BCUT2D eigenvalue weighted by molar-refractivity contribution is 7.13. The molecule has 1 aliphatic heterocycles. The number of rotatable bonds is 6. The smallest absolute Gasteiger partial charge is 0.394 e. The van der Waals surface area contributed by atoms with Gasteiger partial charge in [-0.1, -0.05) is 28.4 Å². The molecule has 0 amide bonds. The van der Waals surface area contributed by atoms with Gasteiger partial charge >= 0.3 is 6.18 Å². The first-order chi connectivity index (χ1) is 18.5. The number of methoxy groups -OCH3 is 1. The highest BCUT2D eigenvalue weighted by Crippen LogP contribution is 2.42. The maximum atomic E-state index is 13.9. The molecule has 208 valence electrons. The Morgan fingerprint density at radius 1 is 1.23 bits per heavy atom. The van der Waals surface area contributed by atoms with E-state index in [0.29, 0.717) is 16.4 Å². The zero-order valence-electron chi connectivity index (χ0n) is 20.3. The molecule has 0 saturated carbocycles. The molecule has 16 heteroatoms. The average Bonchev–Trinajstić information content (AvgIpc) is 3.62. The van der Waals surface area contributed by atoms with Crippen molar-refractivity contribution in [3.05, 3.63) is 63.0 Å². The van der Waals surface area contributed by atoms with Gasteiger partial charge in [-0.15, -0.1) is 16.4 Å². The third kappa shape index (κ3) is 5.29. The van der Waals surface area contributed by atoms with Crippen LogP contribution >= 0.6 is 34.5 Å². The number of alkyl halides is 3. The zero-order chi connectivity index (χ0) is 28.1. The topological polar surface area (TPSA) is 120 Å². The number of benzene rings is 1. The Bertz CT molecular complexity index is 1480. The maximum absolute atomic E-state index is 13.9. The quantitative estimate of drug-likeness (QED) is 0.335. The van der Waals surface area contributed by atoms with Crippen LogP contribution in [0.2, 0.25) is 10.2 Å². The first kappa shape index (κ1) is 28.0. The molecule has 5 rings (SSSR count). The van der Waals surface area contributed by atoms with Crippen LogP contribution < -0.4 is 0 Å². The third-order valence-electron chi connectivity index (χ3n) is 6.29. The summed E-state index contributed by atoms with van der Waals surface area (Å²) in [6, 6.07) is 3.76. The fourth-order valence-electron chi connectivity index (χ4n) is 4.63. The van der Waals surface area contributed by atoms with Gasteiger partial charge in [0.25, 0.3) is 0 Å². The lowest BCUT2D eigenvalue weighted by Crippen LogP contribution is -2.53. The molecule has 1 aliphatic rings. The van der Waals surface area contributed by atoms with Crippen LogP contribution in [0.25, 0.3) is 16.4 Å². The van der Waals surface area contributed by atoms with Crippen molar-refractivity contribution in [1.29, 1.82) is 0 Å². The summed E-state index contributed by atoms with van der Waals surface area (Å²) in [6.07, 6.45) is -7.72. The third-order valence-corrected chi connectivity index (χ3v) is 7.72. The Morgan fingerprint density at radius 3 is 2.64 bits per heavy atom. The van der Waals surface area contributed by atoms with E-state index in [4.69, 9.17) is 32.7 Å². The molecular formula is C23H21Cl2F3N6O4S. The van der Waals surface area contributed by atoms with Gasteiger partial charge in [0.15, 0.2) is 0 Å². The van der Waals surface area contributed by atoms with E-state index in [1.165, 1.54) is 29.3 Å². The minimum Gasteiger partial charge on any atom is -0.394 e. The van der Waals surface area contributed by atoms with Crippen molar-refractivity contribution >= 4 is 34.5 Å². The van der Waals surface area contributed by atoms with E-state index >= 15 is 0 Å². The highest BCUT2D eigenvalue weighted by Gasteiger charge is 2.49. The van der Waals surface area contributed by atoms with Gasteiger partial charge in [-0.3, -0.25) is 0 Å². The summed E-state index contributed by atoms with van der Waals surface area (Å²) in [5.41, 5.74) is -0.312. The second kappa shape index (κ2) is 10.8. The minimum atomic E-state index is -4.70. The molecule has 0 spiro atoms. The van der Waals surface area contributed by atoms with Gasteiger partial charge in [0.1, 0.15) is 46.3 Å². The Kier molecular flexibility index (Phi) is 7.72. The predicted octanol–water partition coefficient (Wildman–Crippen LogP) is 4.27. The van der Waals surface area contributed by atoms with Crippen LogP contribution in [0.5, 0.6) is 0 Å². The second-order valence-electron chi connectivity index (χ2n) is 8.80. The zero-order valence-corrected chi connectivity index (χ0v) is 22.6. The number of nitrogens with zero attached hydrogens (tertiary/aromatic N) is 6. The van der Waals surface area contributed by atoms with E-state index in [0.717, 1.165) is 22.9 Å². The normalized spacial score (nSPS) is 23.9. The number of halogens is 5. The van der Waals surface area contributed by atoms with Crippen molar-refractivity contribution in [2.24, 2.45) is 0 Å². The maximum Gasteiger partial charge on any atom is 0.418 e. The number of hydrogen-bond acceptors (Lipinski definition) is 9. The number of thiazole rings is 1. The molecule has 4 aromatic rings. The Labute approximate surface area is 233 Å². The number of aromatic nitrogens is 6. The molecule has 0 aliphatic carbocycles. The van der Waals surface area contributed by atoms with Gasteiger partial charge in [-0.25, -0.2) is 14.3 Å². The van der Waals surface area contributed by atoms with Crippen molar-refractivity contribution in [3.63, 3.8) is 0 Å². The highest BCUT2D eigenvalue weighted by atomic mass is 35.5. The summed E-state index contributed by atoms with van der Waals surface area (Å²) in [7, 11) is 1.37. The van der Waals surface area contributed by atoms with Crippen molar-refractivity contribution in [3.8, 4) is 16.4 Å². The Morgan fingerprint density at radius 2 is 2.00 bits per heavy atom. The molecule has 3 aromatic heterocycles. The first-order valence-corrected chi connectivity index (χ1v) is 13.1. The molecule has 0 radical (unpaired) electrons. The molecule has 4 heterocycles. The van der Waals surface area contributed by atoms with E-state index in [9.17, 15) is 23.4 Å². The van der Waals surface area contributed by atoms with Crippen molar-refractivity contribution in [2.45, 2.75) is 43.6 Å². The van der Waals surface area contributed by atoms with Crippen LogP contribution in [0.4, 0.5) is 13.2 Å². The molecule has 1 fully saturated rings. The fourth-order valence-corrected chi connectivity index (χ4v) is 5.69. The standard InChI is InChI=1S/C23H21Cl2F3N6O4S/c1-10-5-15(34(31-10)14-6-11(24)3-4-12(14)23(26,27)28)20-21(37-2)18(19(36)16(8-35)38-20)33-7-13(30-32-33)22-29-17(25)9-39-22/h3-7,9,16,18-21,35-36H,8H2,1-2H3/t16?,18-,19-,20-,21?/m0/s1. The van der Waals surface area contributed by atoms with E-state index in [1.807, 2.05) is 0 Å². The second-order valence-corrected chi connectivity index (χ2v) is 10.5. The number of aliphatic hydroxyl groups is 2. The monoisotopic (exact) mass is 604 g/mol. The van der Waals surface area contributed by atoms with Gasteiger partial charge in [0.05, 0.1) is 35.4 Å². The lowest BCUT2D eigenvalue weighted by molar-refractivity contribution is -0.216. The lowest BCUT2D eigenvalue weighted by Gasteiger charge is -2.43. The summed E-state index contributed by atoms with van der Waals surface area (Å²) in [5, 5.41) is 36.2. The fraction of sp³-hybridized carbons (Fsp3) is 0.391. The molecule has 1 aromatic carbocycles. The van der Waals surface area contributed by atoms with Crippen molar-refractivity contribution < 1.29 is 32.9 Å². The summed E-state index contributed by atoms with van der Waals surface area (Å²) < 4.78 is 56.1. The molecule has 5 atom stereocenters. The van der Waals surface area contributed by atoms with Gasteiger partial charge in [-0.05, 0) is 31.2 Å². The van der Waals surface area contributed by atoms with E-state index in [2.05, 4.69) is 20.4 Å². The molecule has 0 bridgehead atoms. The first-order valence-electron chi connectivity index (χ1n) is 11.5. The summed E-state index contributed by atoms with van der Waals surface area (Å²) >= 11 is 13.3. The van der Waals surface area contributed by atoms with Crippen LogP contribution in [0.3, 0.4) is 0 Å². The van der Waals surface area contributed by atoms with Gasteiger partial charge < -0.3 is 19.7 Å². The molecule has 2 N–H and O–H groups in total. The largest absolute Gasteiger partial charge is 0.418 e. The molecule has 1 saturated heterocycles. The van der Waals surface area contributed by atoms with E-state index in [-0.39, 0.29) is 21.6 Å². The van der Waals surface area contributed by atoms with Crippen LogP contribution in [-0.2, 0) is 15.7 Å². The lowest BCUT2D eigenvalue weighted by atomic mass is 9.90.